The Morgan fingerprint density at radius 2 is 1.71 bits per heavy atom. The molecule has 14 heavy (non-hydrogen) atoms. The maximum absolute atomic E-state index is 12.5. The van der Waals surface area contributed by atoms with Crippen LogP contribution in [0.4, 0.5) is 13.2 Å². The SMILES string of the molecule is CC(C)(C)c1ccc[c]c1C(F)(F)F. The van der Waals surface area contributed by atoms with Crippen LogP contribution in [0.5, 0.6) is 0 Å². The molecule has 0 fully saturated rings. The highest BCUT2D eigenvalue weighted by Gasteiger charge is 2.35. The molecule has 0 unspecified atom stereocenters. The van der Waals surface area contributed by atoms with Crippen LogP contribution in [0.25, 0.3) is 0 Å². The minimum atomic E-state index is -4.32. The van der Waals surface area contributed by atoms with Gasteiger partial charge in [0, 0.05) is 0 Å². The highest BCUT2D eigenvalue weighted by atomic mass is 19.4. The fourth-order valence-corrected chi connectivity index (χ4v) is 1.30. The molecule has 0 saturated heterocycles. The molecule has 0 spiro atoms. The summed E-state index contributed by atoms with van der Waals surface area (Å²) in [7, 11) is 0. The molecule has 0 aliphatic rings. The zero-order chi connectivity index (χ0) is 11.0. The summed E-state index contributed by atoms with van der Waals surface area (Å²) in [5.41, 5.74) is -0.886. The average molecular weight is 201 g/mol. The van der Waals surface area contributed by atoms with E-state index in [1.165, 1.54) is 12.1 Å². The van der Waals surface area contributed by atoms with E-state index in [2.05, 4.69) is 6.07 Å². The third kappa shape index (κ3) is 2.28. The standard InChI is InChI=1S/C11H12F3/c1-10(2,3)8-6-4-5-7-9(8)11(12,13)14/h4-6H,1-3H3. The summed E-state index contributed by atoms with van der Waals surface area (Å²) in [5.74, 6) is 0. The van der Waals surface area contributed by atoms with E-state index < -0.39 is 17.2 Å². The Hall–Kier alpha value is -0.990. The molecular formula is C11H12F3. The second kappa shape index (κ2) is 3.30. The van der Waals surface area contributed by atoms with Crippen LogP contribution in [-0.2, 0) is 11.6 Å². The minimum Gasteiger partial charge on any atom is -0.166 e. The first-order valence-corrected chi connectivity index (χ1v) is 4.31. The van der Waals surface area contributed by atoms with Gasteiger partial charge in [-0.25, -0.2) is 0 Å². The second-order valence-electron chi connectivity index (χ2n) is 4.21. The summed E-state index contributed by atoms with van der Waals surface area (Å²) >= 11 is 0. The van der Waals surface area contributed by atoms with Crippen molar-refractivity contribution in [2.24, 2.45) is 0 Å². The van der Waals surface area contributed by atoms with Crippen LogP contribution >= 0.6 is 0 Å². The van der Waals surface area contributed by atoms with Gasteiger partial charge in [0.2, 0.25) is 0 Å². The van der Waals surface area contributed by atoms with Crippen molar-refractivity contribution < 1.29 is 13.2 Å². The van der Waals surface area contributed by atoms with Gasteiger partial charge >= 0.3 is 6.18 Å². The van der Waals surface area contributed by atoms with E-state index in [1.54, 1.807) is 26.8 Å². The molecule has 1 aromatic carbocycles. The number of hydrogen-bond donors (Lipinski definition) is 0. The van der Waals surface area contributed by atoms with Gasteiger partial charge in [0.15, 0.2) is 0 Å². The first-order chi connectivity index (χ1) is 6.23. The van der Waals surface area contributed by atoms with Crippen molar-refractivity contribution in [3.63, 3.8) is 0 Å². The molecular weight excluding hydrogens is 189 g/mol. The monoisotopic (exact) mass is 201 g/mol. The lowest BCUT2D eigenvalue weighted by Crippen LogP contribution is -2.19. The predicted molar refractivity (Wildman–Crippen MR) is 49.0 cm³/mol. The third-order valence-electron chi connectivity index (χ3n) is 1.95. The van der Waals surface area contributed by atoms with E-state index in [9.17, 15) is 13.2 Å². The molecule has 3 heteroatoms. The Morgan fingerprint density at radius 1 is 1.14 bits per heavy atom. The van der Waals surface area contributed by atoms with Gasteiger partial charge in [-0.3, -0.25) is 0 Å². The van der Waals surface area contributed by atoms with E-state index in [-0.39, 0.29) is 5.56 Å². The van der Waals surface area contributed by atoms with Gasteiger partial charge < -0.3 is 0 Å². The van der Waals surface area contributed by atoms with Gasteiger partial charge in [-0.15, -0.1) is 0 Å². The van der Waals surface area contributed by atoms with Crippen molar-refractivity contribution in [3.05, 3.63) is 35.4 Å². The minimum absolute atomic E-state index is 0.285. The molecule has 1 radical (unpaired) electrons. The van der Waals surface area contributed by atoms with Crippen molar-refractivity contribution in [1.82, 2.24) is 0 Å². The van der Waals surface area contributed by atoms with Gasteiger partial charge in [-0.2, -0.15) is 13.2 Å². The van der Waals surface area contributed by atoms with Crippen LogP contribution < -0.4 is 0 Å². The molecule has 77 valence electrons. The van der Waals surface area contributed by atoms with Crippen molar-refractivity contribution in [3.8, 4) is 0 Å². The number of benzene rings is 1. The predicted octanol–water partition coefficient (Wildman–Crippen LogP) is 3.80. The molecule has 0 saturated carbocycles. The normalized spacial score (nSPS) is 13.0. The fourth-order valence-electron chi connectivity index (χ4n) is 1.30. The molecule has 1 rings (SSSR count). The third-order valence-corrected chi connectivity index (χ3v) is 1.95. The number of rotatable bonds is 0. The lowest BCUT2D eigenvalue weighted by Gasteiger charge is -2.23. The topological polar surface area (TPSA) is 0 Å². The van der Waals surface area contributed by atoms with Gasteiger partial charge in [-0.05, 0) is 17.0 Å². The maximum atomic E-state index is 12.5. The van der Waals surface area contributed by atoms with Crippen LogP contribution in [0.15, 0.2) is 18.2 Å². The highest BCUT2D eigenvalue weighted by molar-refractivity contribution is 5.33. The summed E-state index contributed by atoms with van der Waals surface area (Å²) < 4.78 is 37.6. The van der Waals surface area contributed by atoms with Gasteiger partial charge in [-0.1, -0.05) is 39.0 Å². The summed E-state index contributed by atoms with van der Waals surface area (Å²) in [4.78, 5) is 0. The molecule has 0 heterocycles. The largest absolute Gasteiger partial charge is 0.417 e. The van der Waals surface area contributed by atoms with E-state index >= 15 is 0 Å². The molecule has 0 atom stereocenters. The summed E-state index contributed by atoms with van der Waals surface area (Å²) in [6.07, 6.45) is -4.32. The summed E-state index contributed by atoms with van der Waals surface area (Å²) in [6.45, 7) is 5.27. The molecule has 0 amide bonds. The smallest absolute Gasteiger partial charge is 0.166 e. The quantitative estimate of drug-likeness (QED) is 0.598. The van der Waals surface area contributed by atoms with Crippen molar-refractivity contribution >= 4 is 0 Å². The summed E-state index contributed by atoms with van der Waals surface area (Å²) in [5, 5.41) is 0. The van der Waals surface area contributed by atoms with Crippen LogP contribution in [-0.4, -0.2) is 0 Å². The van der Waals surface area contributed by atoms with Crippen LogP contribution in [0, 0.1) is 6.07 Å². The lowest BCUT2D eigenvalue weighted by atomic mass is 9.83. The molecule has 0 aliphatic heterocycles. The Kier molecular flexibility index (Phi) is 2.61. The molecule has 0 nitrogen and oxygen atoms in total. The zero-order valence-corrected chi connectivity index (χ0v) is 8.37. The first-order valence-electron chi connectivity index (χ1n) is 4.31. The lowest BCUT2D eigenvalue weighted by molar-refractivity contribution is -0.138. The molecule has 0 aromatic heterocycles. The van der Waals surface area contributed by atoms with Gasteiger partial charge in [0.25, 0.3) is 0 Å². The Bertz CT molecular complexity index is 285. The fraction of sp³-hybridized carbons (Fsp3) is 0.455. The van der Waals surface area contributed by atoms with E-state index in [1.807, 2.05) is 0 Å². The van der Waals surface area contributed by atoms with E-state index in [0.29, 0.717) is 0 Å². The number of hydrogen-bond acceptors (Lipinski definition) is 0. The van der Waals surface area contributed by atoms with Crippen LogP contribution in [0.1, 0.15) is 31.9 Å². The van der Waals surface area contributed by atoms with Gasteiger partial charge in [0.05, 0.1) is 5.56 Å². The highest BCUT2D eigenvalue weighted by Crippen LogP contribution is 2.36. The van der Waals surface area contributed by atoms with Crippen molar-refractivity contribution in [1.29, 1.82) is 0 Å². The molecule has 0 aliphatic carbocycles. The van der Waals surface area contributed by atoms with E-state index in [0.717, 1.165) is 0 Å². The van der Waals surface area contributed by atoms with E-state index in [4.69, 9.17) is 0 Å². The van der Waals surface area contributed by atoms with Gasteiger partial charge in [0.1, 0.15) is 0 Å². The van der Waals surface area contributed by atoms with Crippen LogP contribution in [0.2, 0.25) is 0 Å². The van der Waals surface area contributed by atoms with Crippen molar-refractivity contribution in [2.45, 2.75) is 32.4 Å². The van der Waals surface area contributed by atoms with Crippen molar-refractivity contribution in [2.75, 3.05) is 0 Å². The Balaban J connectivity index is 3.31. The number of alkyl halides is 3. The average Bonchev–Trinajstić information content (AvgIpc) is 2.01. The number of halogens is 3. The summed E-state index contributed by atoms with van der Waals surface area (Å²) in [6, 6.07) is 6.63. The van der Waals surface area contributed by atoms with Crippen LogP contribution in [0.3, 0.4) is 0 Å². The Labute approximate surface area is 81.8 Å². The zero-order valence-electron chi connectivity index (χ0n) is 8.37. The molecule has 0 bridgehead atoms. The molecule has 1 aromatic rings. The first kappa shape index (κ1) is 11.1. The molecule has 0 N–H and O–H groups in total. The second-order valence-corrected chi connectivity index (χ2v) is 4.21. The maximum Gasteiger partial charge on any atom is 0.417 e. The Morgan fingerprint density at radius 3 is 2.07 bits per heavy atom.